The van der Waals surface area contributed by atoms with E-state index in [1.807, 2.05) is 0 Å². The Morgan fingerprint density at radius 3 is 2.56 bits per heavy atom. The minimum absolute atomic E-state index is 0.541. The van der Waals surface area contributed by atoms with Gasteiger partial charge in [0, 0.05) is 12.6 Å². The van der Waals surface area contributed by atoms with E-state index in [0.29, 0.717) is 12.1 Å². The smallest absolute Gasteiger partial charge is 0.0594 e. The van der Waals surface area contributed by atoms with Gasteiger partial charge >= 0.3 is 0 Å². The average molecular weight is 227 g/mol. The van der Waals surface area contributed by atoms with Gasteiger partial charge in [-0.1, -0.05) is 20.3 Å². The molecule has 1 aliphatic rings. The molecule has 0 bridgehead atoms. The zero-order valence-corrected chi connectivity index (χ0v) is 11.3. The Morgan fingerprint density at radius 1 is 1.25 bits per heavy atom. The maximum absolute atomic E-state index is 5.90. The topological polar surface area (TPSA) is 21.3 Å². The monoisotopic (exact) mass is 227 g/mol. The lowest BCUT2D eigenvalue weighted by Crippen LogP contribution is -2.31. The molecule has 1 atom stereocenters. The van der Waals surface area contributed by atoms with Gasteiger partial charge in [0.05, 0.1) is 12.7 Å². The summed E-state index contributed by atoms with van der Waals surface area (Å²) in [5.41, 5.74) is 0. The number of hydrogen-bond acceptors (Lipinski definition) is 2. The second-order valence-electron chi connectivity index (χ2n) is 5.40. The molecule has 0 aromatic rings. The summed E-state index contributed by atoms with van der Waals surface area (Å²) in [6, 6.07) is 0.639. The van der Waals surface area contributed by atoms with Gasteiger partial charge in [0.1, 0.15) is 0 Å². The summed E-state index contributed by atoms with van der Waals surface area (Å²) in [5, 5.41) is 3.51. The van der Waals surface area contributed by atoms with Crippen LogP contribution in [0.25, 0.3) is 0 Å². The van der Waals surface area contributed by atoms with E-state index in [2.05, 4.69) is 26.1 Å². The van der Waals surface area contributed by atoms with Crippen molar-refractivity contribution >= 4 is 0 Å². The maximum Gasteiger partial charge on any atom is 0.0594 e. The Balaban J connectivity index is 1.95. The van der Waals surface area contributed by atoms with E-state index in [-0.39, 0.29) is 0 Å². The van der Waals surface area contributed by atoms with Gasteiger partial charge in [-0.3, -0.25) is 0 Å². The van der Waals surface area contributed by atoms with E-state index in [1.54, 1.807) is 0 Å². The van der Waals surface area contributed by atoms with Gasteiger partial charge in [0.2, 0.25) is 0 Å². The molecule has 0 aliphatic heterocycles. The minimum Gasteiger partial charge on any atom is -0.377 e. The summed E-state index contributed by atoms with van der Waals surface area (Å²) in [6.45, 7) is 8.73. The predicted molar refractivity (Wildman–Crippen MR) is 69.7 cm³/mol. The molecule has 0 amide bonds. The normalized spacial score (nSPS) is 27.9. The van der Waals surface area contributed by atoms with E-state index in [9.17, 15) is 0 Å². The zero-order valence-electron chi connectivity index (χ0n) is 11.3. The summed E-state index contributed by atoms with van der Waals surface area (Å²) in [5.74, 6) is 0.919. The third kappa shape index (κ3) is 5.86. The molecule has 96 valence electrons. The molecule has 1 N–H and O–H groups in total. The summed E-state index contributed by atoms with van der Waals surface area (Å²) in [7, 11) is 0. The van der Waals surface area contributed by atoms with Gasteiger partial charge in [0.25, 0.3) is 0 Å². The van der Waals surface area contributed by atoms with Crippen LogP contribution in [0.3, 0.4) is 0 Å². The first-order chi connectivity index (χ1) is 7.72. The highest BCUT2D eigenvalue weighted by atomic mass is 16.5. The van der Waals surface area contributed by atoms with E-state index >= 15 is 0 Å². The van der Waals surface area contributed by atoms with Crippen molar-refractivity contribution in [2.24, 2.45) is 5.92 Å². The lowest BCUT2D eigenvalue weighted by Gasteiger charge is -2.26. The molecule has 0 aromatic carbocycles. The van der Waals surface area contributed by atoms with Crippen molar-refractivity contribution in [2.75, 3.05) is 13.2 Å². The van der Waals surface area contributed by atoms with Crippen LogP contribution in [0.1, 0.15) is 59.3 Å². The summed E-state index contributed by atoms with van der Waals surface area (Å²) in [6.07, 6.45) is 8.31. The molecule has 0 aromatic heterocycles. The fourth-order valence-electron chi connectivity index (χ4n) is 2.46. The predicted octanol–water partition coefficient (Wildman–Crippen LogP) is 3.36. The first kappa shape index (κ1) is 14.0. The van der Waals surface area contributed by atoms with Gasteiger partial charge in [-0.25, -0.2) is 0 Å². The van der Waals surface area contributed by atoms with E-state index in [1.165, 1.54) is 38.5 Å². The van der Waals surface area contributed by atoms with Crippen molar-refractivity contribution in [3.63, 3.8) is 0 Å². The molecule has 16 heavy (non-hydrogen) atoms. The molecule has 1 rings (SSSR count). The quantitative estimate of drug-likeness (QED) is 0.673. The Hall–Kier alpha value is -0.0800. The van der Waals surface area contributed by atoms with Gasteiger partial charge in [-0.2, -0.15) is 0 Å². The number of nitrogens with one attached hydrogen (secondary N) is 1. The van der Waals surface area contributed by atoms with Crippen LogP contribution in [-0.4, -0.2) is 25.3 Å². The average Bonchev–Trinajstić information content (AvgIpc) is 2.27. The van der Waals surface area contributed by atoms with Crippen LogP contribution in [0.15, 0.2) is 0 Å². The number of hydrogen-bond donors (Lipinski definition) is 1. The molecule has 1 aliphatic carbocycles. The minimum atomic E-state index is 0.541. The van der Waals surface area contributed by atoms with Crippen LogP contribution in [-0.2, 0) is 4.74 Å². The molecule has 2 heteroatoms. The largest absolute Gasteiger partial charge is 0.377 e. The maximum atomic E-state index is 5.90. The fourth-order valence-corrected chi connectivity index (χ4v) is 2.46. The van der Waals surface area contributed by atoms with Crippen molar-refractivity contribution in [3.05, 3.63) is 0 Å². The van der Waals surface area contributed by atoms with E-state index < -0.39 is 0 Å². The zero-order chi connectivity index (χ0) is 11.8. The molecule has 0 heterocycles. The highest BCUT2D eigenvalue weighted by molar-refractivity contribution is 4.70. The molecule has 0 radical (unpaired) electrons. The molecule has 2 nitrogen and oxygen atoms in total. The van der Waals surface area contributed by atoms with Crippen LogP contribution < -0.4 is 5.32 Å². The second kappa shape index (κ2) is 8.08. The number of ether oxygens (including phenoxy) is 1. The SMILES string of the molecule is CCCC(C)NCCOC1CCC(C)CC1. The third-order valence-corrected chi connectivity index (χ3v) is 3.63. The molecular weight excluding hydrogens is 198 g/mol. The first-order valence-electron chi connectivity index (χ1n) is 7.07. The van der Waals surface area contributed by atoms with Crippen molar-refractivity contribution in [1.29, 1.82) is 0 Å². The summed E-state index contributed by atoms with van der Waals surface area (Å²) in [4.78, 5) is 0. The fraction of sp³-hybridized carbons (Fsp3) is 1.00. The van der Waals surface area contributed by atoms with Gasteiger partial charge in [-0.05, 0) is 44.9 Å². The highest BCUT2D eigenvalue weighted by Gasteiger charge is 2.18. The number of rotatable bonds is 7. The Kier molecular flexibility index (Phi) is 7.06. The van der Waals surface area contributed by atoms with Crippen LogP contribution in [0, 0.1) is 5.92 Å². The molecular formula is C14H29NO. The molecule has 0 spiro atoms. The van der Waals surface area contributed by atoms with Gasteiger partial charge in [0.15, 0.2) is 0 Å². The Labute approximate surface area is 101 Å². The highest BCUT2D eigenvalue weighted by Crippen LogP contribution is 2.25. The van der Waals surface area contributed by atoms with Crippen molar-refractivity contribution < 1.29 is 4.74 Å². The van der Waals surface area contributed by atoms with Crippen LogP contribution >= 0.6 is 0 Å². The Morgan fingerprint density at radius 2 is 1.94 bits per heavy atom. The third-order valence-electron chi connectivity index (χ3n) is 3.63. The molecule has 1 fully saturated rings. The van der Waals surface area contributed by atoms with Crippen LogP contribution in [0.4, 0.5) is 0 Å². The van der Waals surface area contributed by atoms with Crippen LogP contribution in [0.2, 0.25) is 0 Å². The van der Waals surface area contributed by atoms with Gasteiger partial charge < -0.3 is 10.1 Å². The summed E-state index contributed by atoms with van der Waals surface area (Å²) < 4.78 is 5.90. The van der Waals surface area contributed by atoms with Crippen molar-refractivity contribution in [1.82, 2.24) is 5.32 Å². The molecule has 0 saturated heterocycles. The summed E-state index contributed by atoms with van der Waals surface area (Å²) >= 11 is 0. The lowest BCUT2D eigenvalue weighted by atomic mass is 9.89. The Bertz CT molecular complexity index is 164. The second-order valence-corrected chi connectivity index (χ2v) is 5.40. The van der Waals surface area contributed by atoms with E-state index in [0.717, 1.165) is 19.1 Å². The van der Waals surface area contributed by atoms with Crippen molar-refractivity contribution in [3.8, 4) is 0 Å². The first-order valence-corrected chi connectivity index (χ1v) is 7.07. The van der Waals surface area contributed by atoms with Crippen molar-refractivity contribution in [2.45, 2.75) is 71.4 Å². The molecule has 1 saturated carbocycles. The standard InChI is InChI=1S/C14H29NO/c1-4-5-13(3)15-10-11-16-14-8-6-12(2)7-9-14/h12-15H,4-11H2,1-3H3. The van der Waals surface area contributed by atoms with Crippen LogP contribution in [0.5, 0.6) is 0 Å². The molecule has 1 unspecified atom stereocenters. The van der Waals surface area contributed by atoms with E-state index in [4.69, 9.17) is 4.74 Å². The van der Waals surface area contributed by atoms with Gasteiger partial charge in [-0.15, -0.1) is 0 Å². The lowest BCUT2D eigenvalue weighted by molar-refractivity contribution is 0.0209.